The molecule has 2 unspecified atom stereocenters. The van der Waals surface area contributed by atoms with Crippen molar-refractivity contribution in [2.45, 2.75) is 19.4 Å². The number of hydrogen-bond acceptors (Lipinski definition) is 7. The van der Waals surface area contributed by atoms with Crippen molar-refractivity contribution >= 4 is 23.4 Å². The predicted octanol–water partition coefficient (Wildman–Crippen LogP) is 3.23. The zero-order chi connectivity index (χ0) is 21.5. The number of nitrogens with zero attached hydrogens (tertiary/aromatic N) is 3. The smallest absolute Gasteiger partial charge is 0.311 e. The van der Waals surface area contributed by atoms with Gasteiger partial charge in [-0.2, -0.15) is 9.64 Å². The molecule has 8 heteroatoms. The van der Waals surface area contributed by atoms with E-state index in [0.29, 0.717) is 17.5 Å². The fourth-order valence-corrected chi connectivity index (χ4v) is 3.62. The van der Waals surface area contributed by atoms with Crippen LogP contribution in [-0.2, 0) is 16.0 Å². The second-order valence-electron chi connectivity index (χ2n) is 6.73. The molecule has 30 heavy (non-hydrogen) atoms. The monoisotopic (exact) mass is 420 g/mol. The van der Waals surface area contributed by atoms with Gasteiger partial charge in [-0.05, 0) is 54.7 Å². The third-order valence-electron chi connectivity index (χ3n) is 4.73. The van der Waals surface area contributed by atoms with E-state index in [9.17, 15) is 9.59 Å². The SMILES string of the molecule is COC(=O)C(Cc1cccc(C#N)c1)C(C)NC(=O)c1ccc(-c2ncns2)cc1. The number of nitrogens with one attached hydrogen (secondary N) is 1. The second-order valence-corrected chi connectivity index (χ2v) is 7.51. The van der Waals surface area contributed by atoms with E-state index in [0.717, 1.165) is 16.1 Å². The number of ether oxygens (including phenoxy) is 1. The number of methoxy groups -OCH3 is 1. The van der Waals surface area contributed by atoms with Crippen LogP contribution in [0.15, 0.2) is 54.9 Å². The van der Waals surface area contributed by atoms with Crippen LogP contribution in [0.2, 0.25) is 0 Å². The molecule has 1 aromatic heterocycles. The molecule has 3 rings (SSSR count). The Morgan fingerprint density at radius 3 is 2.63 bits per heavy atom. The Labute approximate surface area is 178 Å². The maximum atomic E-state index is 12.7. The fourth-order valence-electron chi connectivity index (χ4n) is 3.09. The summed E-state index contributed by atoms with van der Waals surface area (Å²) in [6.45, 7) is 1.77. The first-order valence-corrected chi connectivity index (χ1v) is 10.0. The van der Waals surface area contributed by atoms with Crippen molar-refractivity contribution in [3.63, 3.8) is 0 Å². The summed E-state index contributed by atoms with van der Waals surface area (Å²) in [4.78, 5) is 29.2. The topological polar surface area (TPSA) is 105 Å². The molecule has 1 N–H and O–H groups in total. The first kappa shape index (κ1) is 21.1. The van der Waals surface area contributed by atoms with Gasteiger partial charge in [0.2, 0.25) is 0 Å². The summed E-state index contributed by atoms with van der Waals surface area (Å²) in [6.07, 6.45) is 1.83. The summed E-state index contributed by atoms with van der Waals surface area (Å²) in [5.74, 6) is -1.30. The molecule has 0 saturated carbocycles. The summed E-state index contributed by atoms with van der Waals surface area (Å²) in [6, 6.07) is 15.7. The van der Waals surface area contributed by atoms with Crippen molar-refractivity contribution in [2.24, 2.45) is 5.92 Å². The van der Waals surface area contributed by atoms with Gasteiger partial charge in [0.15, 0.2) is 0 Å². The maximum Gasteiger partial charge on any atom is 0.311 e. The minimum Gasteiger partial charge on any atom is -0.469 e. The Balaban J connectivity index is 1.71. The van der Waals surface area contributed by atoms with Crippen LogP contribution in [0.4, 0.5) is 0 Å². The number of amides is 1. The molecule has 7 nitrogen and oxygen atoms in total. The van der Waals surface area contributed by atoms with E-state index < -0.39 is 17.9 Å². The van der Waals surface area contributed by atoms with Gasteiger partial charge in [-0.15, -0.1) is 0 Å². The van der Waals surface area contributed by atoms with E-state index >= 15 is 0 Å². The van der Waals surface area contributed by atoms with Crippen LogP contribution >= 0.6 is 11.5 Å². The molecular weight excluding hydrogens is 400 g/mol. The average Bonchev–Trinajstić information content (AvgIpc) is 3.32. The molecule has 0 aliphatic carbocycles. The van der Waals surface area contributed by atoms with Crippen molar-refractivity contribution in [1.29, 1.82) is 5.26 Å². The molecule has 0 aliphatic rings. The summed E-state index contributed by atoms with van der Waals surface area (Å²) in [5, 5.41) is 12.7. The lowest BCUT2D eigenvalue weighted by Crippen LogP contribution is -2.42. The van der Waals surface area contributed by atoms with Gasteiger partial charge in [-0.1, -0.05) is 24.3 Å². The van der Waals surface area contributed by atoms with Crippen LogP contribution in [0.1, 0.15) is 28.4 Å². The quantitative estimate of drug-likeness (QED) is 0.589. The van der Waals surface area contributed by atoms with Crippen molar-refractivity contribution < 1.29 is 14.3 Å². The van der Waals surface area contributed by atoms with E-state index in [1.807, 2.05) is 18.2 Å². The molecular formula is C22H20N4O3S. The molecule has 0 saturated heterocycles. The highest BCUT2D eigenvalue weighted by atomic mass is 32.1. The van der Waals surface area contributed by atoms with Gasteiger partial charge in [-0.25, -0.2) is 4.98 Å². The van der Waals surface area contributed by atoms with E-state index in [1.165, 1.54) is 25.0 Å². The minimum atomic E-state index is -0.589. The number of carbonyl (C=O) groups is 2. The molecule has 2 aromatic carbocycles. The highest BCUT2D eigenvalue weighted by molar-refractivity contribution is 7.09. The maximum absolute atomic E-state index is 12.7. The largest absolute Gasteiger partial charge is 0.469 e. The Morgan fingerprint density at radius 2 is 2.00 bits per heavy atom. The summed E-state index contributed by atoms with van der Waals surface area (Å²) < 4.78 is 8.91. The predicted molar refractivity (Wildman–Crippen MR) is 113 cm³/mol. The zero-order valence-corrected chi connectivity index (χ0v) is 17.3. The number of esters is 1. The van der Waals surface area contributed by atoms with Gasteiger partial charge in [-0.3, -0.25) is 9.59 Å². The van der Waals surface area contributed by atoms with Crippen LogP contribution in [0.3, 0.4) is 0 Å². The van der Waals surface area contributed by atoms with E-state index in [4.69, 9.17) is 10.00 Å². The summed E-state index contributed by atoms with van der Waals surface area (Å²) >= 11 is 1.28. The van der Waals surface area contributed by atoms with Gasteiger partial charge in [0, 0.05) is 17.2 Å². The average molecular weight is 420 g/mol. The highest BCUT2D eigenvalue weighted by Crippen LogP contribution is 2.21. The third kappa shape index (κ3) is 5.07. The van der Waals surface area contributed by atoms with E-state index in [-0.39, 0.29) is 5.91 Å². The highest BCUT2D eigenvalue weighted by Gasteiger charge is 2.28. The molecule has 1 heterocycles. The molecule has 2 atom stereocenters. The van der Waals surface area contributed by atoms with Gasteiger partial charge in [0.05, 0.1) is 24.7 Å². The van der Waals surface area contributed by atoms with Gasteiger partial charge >= 0.3 is 5.97 Å². The molecule has 1 amide bonds. The Hall–Kier alpha value is -3.57. The minimum absolute atomic E-state index is 0.286. The van der Waals surface area contributed by atoms with Crippen molar-refractivity contribution in [3.8, 4) is 16.6 Å². The Kier molecular flexibility index (Phi) is 6.88. The fraction of sp³-hybridized carbons (Fsp3) is 0.227. The number of carbonyl (C=O) groups excluding carboxylic acids is 2. The lowest BCUT2D eigenvalue weighted by Gasteiger charge is -2.23. The molecule has 0 radical (unpaired) electrons. The molecule has 0 fully saturated rings. The third-order valence-corrected chi connectivity index (χ3v) is 5.45. The van der Waals surface area contributed by atoms with Gasteiger partial charge in [0.25, 0.3) is 5.91 Å². The van der Waals surface area contributed by atoms with Gasteiger partial charge in [0.1, 0.15) is 11.3 Å². The van der Waals surface area contributed by atoms with E-state index in [2.05, 4.69) is 20.7 Å². The summed E-state index contributed by atoms with van der Waals surface area (Å²) in [5.41, 5.74) is 2.70. The molecule has 0 aliphatic heterocycles. The second kappa shape index (κ2) is 9.76. The standard InChI is InChI=1S/C22H20N4O3S/c1-14(19(22(28)29-2)11-15-4-3-5-16(10-15)12-23)26-20(27)17-6-8-18(9-7-17)21-24-13-25-30-21/h3-10,13-14,19H,11H2,1-2H3,(H,26,27). The molecule has 3 aromatic rings. The molecule has 0 spiro atoms. The normalized spacial score (nSPS) is 12.4. The number of rotatable bonds is 7. The van der Waals surface area contributed by atoms with E-state index in [1.54, 1.807) is 37.3 Å². The van der Waals surface area contributed by atoms with Crippen LogP contribution in [0.25, 0.3) is 10.6 Å². The molecule has 0 bridgehead atoms. The van der Waals surface area contributed by atoms with Crippen LogP contribution < -0.4 is 5.32 Å². The van der Waals surface area contributed by atoms with Crippen molar-refractivity contribution in [1.82, 2.24) is 14.7 Å². The Bertz CT molecular complexity index is 1060. The zero-order valence-electron chi connectivity index (χ0n) is 16.5. The van der Waals surface area contributed by atoms with Crippen molar-refractivity contribution in [2.75, 3.05) is 7.11 Å². The number of hydrogen-bond donors (Lipinski definition) is 1. The molecule has 152 valence electrons. The number of aromatic nitrogens is 2. The Morgan fingerprint density at radius 1 is 1.23 bits per heavy atom. The van der Waals surface area contributed by atoms with Gasteiger partial charge < -0.3 is 10.1 Å². The van der Waals surface area contributed by atoms with Crippen LogP contribution in [-0.4, -0.2) is 34.4 Å². The first-order valence-electron chi connectivity index (χ1n) is 9.26. The first-order chi connectivity index (χ1) is 14.5. The van der Waals surface area contributed by atoms with Crippen LogP contribution in [0.5, 0.6) is 0 Å². The van der Waals surface area contributed by atoms with Crippen LogP contribution in [0, 0.1) is 17.2 Å². The van der Waals surface area contributed by atoms with Crippen molar-refractivity contribution in [3.05, 3.63) is 71.5 Å². The number of benzene rings is 2. The number of nitriles is 1. The lowest BCUT2D eigenvalue weighted by atomic mass is 9.92. The summed E-state index contributed by atoms with van der Waals surface area (Å²) in [7, 11) is 1.32. The lowest BCUT2D eigenvalue weighted by molar-refractivity contribution is -0.146.